The summed E-state index contributed by atoms with van der Waals surface area (Å²) in [5.41, 5.74) is 1.27. The number of esters is 1. The normalized spacial score (nSPS) is 17.1. The Kier molecular flexibility index (Phi) is 6.53. The van der Waals surface area contributed by atoms with E-state index in [4.69, 9.17) is 9.47 Å². The average Bonchev–Trinajstić information content (AvgIpc) is 3.26. The molecule has 1 fully saturated rings. The van der Waals surface area contributed by atoms with Gasteiger partial charge in [-0.1, -0.05) is 24.6 Å². The van der Waals surface area contributed by atoms with Gasteiger partial charge in [0.05, 0.1) is 12.7 Å². The molecular formula is C24H26N2O6S. The number of piperidine rings is 1. The molecule has 1 saturated heterocycles. The second-order valence-electron chi connectivity index (χ2n) is 8.07. The number of H-pyrrole nitrogens is 1. The average molecular weight is 471 g/mol. The number of aromatic nitrogens is 1. The molecule has 9 heteroatoms. The van der Waals surface area contributed by atoms with Crippen LogP contribution in [0, 0.1) is 0 Å². The zero-order valence-corrected chi connectivity index (χ0v) is 19.4. The number of hydrogen-bond acceptors (Lipinski definition) is 6. The second kappa shape index (κ2) is 9.36. The van der Waals surface area contributed by atoms with Crippen LogP contribution in [0.1, 0.15) is 46.9 Å². The fourth-order valence-electron chi connectivity index (χ4n) is 4.15. The molecule has 0 amide bonds. The van der Waals surface area contributed by atoms with Crippen molar-refractivity contribution in [3.63, 3.8) is 0 Å². The van der Waals surface area contributed by atoms with Crippen LogP contribution in [-0.4, -0.2) is 55.8 Å². The van der Waals surface area contributed by atoms with Gasteiger partial charge in [0.25, 0.3) is 0 Å². The van der Waals surface area contributed by atoms with Crippen LogP contribution >= 0.6 is 0 Å². The Labute approximate surface area is 192 Å². The first-order chi connectivity index (χ1) is 15.8. The van der Waals surface area contributed by atoms with Crippen molar-refractivity contribution in [3.8, 4) is 5.75 Å². The highest BCUT2D eigenvalue weighted by molar-refractivity contribution is 7.89. The first-order valence-corrected chi connectivity index (χ1v) is 12.2. The fourth-order valence-corrected chi connectivity index (χ4v) is 6.04. The first-order valence-electron chi connectivity index (χ1n) is 10.8. The van der Waals surface area contributed by atoms with Crippen LogP contribution in [0.4, 0.5) is 0 Å². The highest BCUT2D eigenvalue weighted by Gasteiger charge is 2.33. The third-order valence-electron chi connectivity index (χ3n) is 5.95. The molecule has 1 aromatic heterocycles. The number of carbonyl (C=O) groups is 2. The molecule has 1 aliphatic heterocycles. The van der Waals surface area contributed by atoms with Crippen LogP contribution in [0.15, 0.2) is 53.6 Å². The van der Waals surface area contributed by atoms with Crippen molar-refractivity contribution in [1.82, 2.24) is 9.29 Å². The maximum atomic E-state index is 13.3. The number of Topliss-reactive ketones (excluding diaryl/α,β-unsaturated/α-hetero) is 1. The van der Waals surface area contributed by atoms with E-state index in [9.17, 15) is 18.0 Å². The van der Waals surface area contributed by atoms with Gasteiger partial charge in [0.15, 0.2) is 6.61 Å². The number of aromatic amines is 1. The third-order valence-corrected chi connectivity index (χ3v) is 7.99. The number of nitrogens with one attached hydrogen (secondary N) is 1. The van der Waals surface area contributed by atoms with Crippen molar-refractivity contribution in [2.24, 2.45) is 0 Å². The predicted octanol–water partition coefficient (Wildman–Crippen LogP) is 3.78. The number of benzene rings is 2. The molecular weight excluding hydrogens is 444 g/mol. The van der Waals surface area contributed by atoms with E-state index in [0.717, 1.165) is 30.2 Å². The van der Waals surface area contributed by atoms with Crippen molar-refractivity contribution < 1.29 is 27.5 Å². The molecule has 4 rings (SSSR count). The minimum absolute atomic E-state index is 0.0331. The molecule has 0 aliphatic carbocycles. The third kappa shape index (κ3) is 4.51. The fraction of sp³-hybridized carbons (Fsp3) is 0.333. The summed E-state index contributed by atoms with van der Waals surface area (Å²) in [5, 5.41) is 0.743. The Morgan fingerprint density at radius 2 is 1.94 bits per heavy atom. The van der Waals surface area contributed by atoms with Gasteiger partial charge in [0.1, 0.15) is 10.6 Å². The lowest BCUT2D eigenvalue weighted by atomic mass is 10.1. The van der Waals surface area contributed by atoms with Crippen LogP contribution in [0.3, 0.4) is 0 Å². The van der Waals surface area contributed by atoms with Crippen LogP contribution in [0.25, 0.3) is 10.9 Å². The Morgan fingerprint density at radius 1 is 1.15 bits per heavy atom. The smallest absolute Gasteiger partial charge is 0.338 e. The molecule has 0 radical (unpaired) electrons. The number of carbonyl (C=O) groups excluding carboxylic acids is 2. The van der Waals surface area contributed by atoms with E-state index in [1.807, 2.05) is 31.2 Å². The highest BCUT2D eigenvalue weighted by Crippen LogP contribution is 2.32. The summed E-state index contributed by atoms with van der Waals surface area (Å²) in [6, 6.07) is 11.3. The molecule has 1 aliphatic rings. The van der Waals surface area contributed by atoms with Gasteiger partial charge in [-0.15, -0.1) is 0 Å². The molecule has 174 valence electrons. The summed E-state index contributed by atoms with van der Waals surface area (Å²) in [6.07, 6.45) is 4.11. The van der Waals surface area contributed by atoms with Gasteiger partial charge < -0.3 is 14.5 Å². The quantitative estimate of drug-likeness (QED) is 0.416. The molecule has 8 nitrogen and oxygen atoms in total. The largest absolute Gasteiger partial charge is 0.495 e. The summed E-state index contributed by atoms with van der Waals surface area (Å²) in [5.74, 6) is -0.988. The van der Waals surface area contributed by atoms with Crippen molar-refractivity contribution >= 4 is 32.7 Å². The summed E-state index contributed by atoms with van der Waals surface area (Å²) >= 11 is 0. The Bertz CT molecular complexity index is 1300. The number of sulfonamides is 1. The number of methoxy groups -OCH3 is 1. The Morgan fingerprint density at radius 3 is 2.70 bits per heavy atom. The lowest BCUT2D eigenvalue weighted by molar-refractivity contribution is 0.0475. The minimum Gasteiger partial charge on any atom is -0.495 e. The minimum atomic E-state index is -3.87. The number of rotatable bonds is 7. The number of ketones is 1. The van der Waals surface area contributed by atoms with Gasteiger partial charge in [0, 0.05) is 35.2 Å². The van der Waals surface area contributed by atoms with Gasteiger partial charge in [-0.2, -0.15) is 4.31 Å². The van der Waals surface area contributed by atoms with Crippen LogP contribution in [0.2, 0.25) is 0 Å². The molecule has 0 bridgehead atoms. The number of fused-ring (bicyclic) bond motifs is 1. The van der Waals surface area contributed by atoms with Gasteiger partial charge in [-0.3, -0.25) is 4.79 Å². The van der Waals surface area contributed by atoms with Crippen molar-refractivity contribution in [2.75, 3.05) is 20.3 Å². The van der Waals surface area contributed by atoms with Gasteiger partial charge >= 0.3 is 5.97 Å². The Balaban J connectivity index is 1.54. The van der Waals surface area contributed by atoms with E-state index >= 15 is 0 Å². The predicted molar refractivity (Wildman–Crippen MR) is 123 cm³/mol. The van der Waals surface area contributed by atoms with E-state index in [1.165, 1.54) is 29.6 Å². The SMILES string of the molecule is COc1ccc(C(=O)OCC(=O)c2c[nH]c3ccccc23)cc1S(=O)(=O)N1CCCC[C@@H]1C. The van der Waals surface area contributed by atoms with E-state index in [2.05, 4.69) is 4.98 Å². The van der Waals surface area contributed by atoms with E-state index in [0.29, 0.717) is 12.1 Å². The molecule has 0 unspecified atom stereocenters. The monoisotopic (exact) mass is 470 g/mol. The van der Waals surface area contributed by atoms with Crippen LogP contribution in [0.5, 0.6) is 5.75 Å². The molecule has 0 spiro atoms. The maximum Gasteiger partial charge on any atom is 0.338 e. The number of para-hydroxylation sites is 1. The van der Waals surface area contributed by atoms with Crippen molar-refractivity contribution in [2.45, 2.75) is 37.1 Å². The topological polar surface area (TPSA) is 106 Å². The summed E-state index contributed by atoms with van der Waals surface area (Å²) < 4.78 is 38.6. The molecule has 2 aromatic carbocycles. The van der Waals surface area contributed by atoms with Crippen molar-refractivity contribution in [1.29, 1.82) is 0 Å². The molecule has 33 heavy (non-hydrogen) atoms. The zero-order chi connectivity index (χ0) is 23.6. The maximum absolute atomic E-state index is 13.3. The van der Waals surface area contributed by atoms with Gasteiger partial charge in [0.2, 0.25) is 15.8 Å². The summed E-state index contributed by atoms with van der Waals surface area (Å²) in [6.45, 7) is 1.83. The molecule has 0 saturated carbocycles. The molecule has 1 N–H and O–H groups in total. The van der Waals surface area contributed by atoms with Gasteiger partial charge in [-0.05, 0) is 44.0 Å². The van der Waals surface area contributed by atoms with Crippen molar-refractivity contribution in [3.05, 3.63) is 59.8 Å². The van der Waals surface area contributed by atoms with Gasteiger partial charge in [-0.25, -0.2) is 13.2 Å². The van der Waals surface area contributed by atoms with E-state index < -0.39 is 22.6 Å². The number of nitrogens with zero attached hydrogens (tertiary/aromatic N) is 1. The first kappa shape index (κ1) is 23.0. The number of hydrogen-bond donors (Lipinski definition) is 1. The highest BCUT2D eigenvalue weighted by atomic mass is 32.2. The van der Waals surface area contributed by atoms with Crippen LogP contribution < -0.4 is 4.74 Å². The number of ether oxygens (including phenoxy) is 2. The summed E-state index contributed by atoms with van der Waals surface area (Å²) in [4.78, 5) is 28.2. The lowest BCUT2D eigenvalue weighted by Gasteiger charge is -2.32. The van der Waals surface area contributed by atoms with E-state index in [-0.39, 0.29) is 28.0 Å². The van der Waals surface area contributed by atoms with E-state index in [1.54, 1.807) is 6.20 Å². The second-order valence-corrected chi connectivity index (χ2v) is 9.93. The molecule has 3 aromatic rings. The molecule has 1 atom stereocenters. The standard InChI is InChI=1S/C24H26N2O6S/c1-16-7-5-6-12-26(16)33(29,30)23-13-17(10-11-22(23)31-2)24(28)32-15-21(27)19-14-25-20-9-4-3-8-18(19)20/h3-4,8-11,13-14,16,25H,5-7,12,15H2,1-2H3/t16-/m0/s1. The summed E-state index contributed by atoms with van der Waals surface area (Å²) in [7, 11) is -2.49. The zero-order valence-electron chi connectivity index (χ0n) is 18.5. The lowest BCUT2D eigenvalue weighted by Crippen LogP contribution is -2.42. The Hall–Kier alpha value is -3.17. The van der Waals surface area contributed by atoms with Crippen LogP contribution in [-0.2, 0) is 14.8 Å². The molecule has 2 heterocycles.